The molecule has 0 heterocycles. The van der Waals surface area contributed by atoms with Gasteiger partial charge >= 0.3 is 0 Å². The molecule has 0 aromatic heterocycles. The molecule has 2 heteroatoms. The predicted octanol–water partition coefficient (Wildman–Crippen LogP) is 4.92. The normalized spacial score (nSPS) is 13.6. The zero-order valence-corrected chi connectivity index (χ0v) is 13.0. The van der Waals surface area contributed by atoms with Crippen molar-refractivity contribution in [1.82, 2.24) is 5.32 Å². The lowest BCUT2D eigenvalue weighted by Gasteiger charge is -2.27. The number of nitrogens with one attached hydrogen (secondary N) is 1. The van der Waals surface area contributed by atoms with Gasteiger partial charge in [-0.2, -0.15) is 0 Å². The van der Waals surface area contributed by atoms with Crippen LogP contribution in [0.5, 0.6) is 0 Å². The first kappa shape index (κ1) is 15.5. The smallest absolute Gasteiger partial charge is 0.0453 e. The van der Waals surface area contributed by atoms with E-state index in [2.05, 4.69) is 46.0 Å². The summed E-state index contributed by atoms with van der Waals surface area (Å²) >= 11 is 6.22. The number of hydrogen-bond acceptors (Lipinski definition) is 1. The van der Waals surface area contributed by atoms with Crippen molar-refractivity contribution in [3.8, 4) is 0 Å². The highest BCUT2D eigenvalue weighted by molar-refractivity contribution is 6.31. The summed E-state index contributed by atoms with van der Waals surface area (Å²) in [5.74, 6) is 2.11. The molecule has 0 aliphatic carbocycles. The Morgan fingerprint density at radius 1 is 1.00 bits per heavy atom. The van der Waals surface area contributed by atoms with Gasteiger partial charge in [0.2, 0.25) is 0 Å². The van der Waals surface area contributed by atoms with Gasteiger partial charge in [-0.1, -0.05) is 57.5 Å². The zero-order valence-electron chi connectivity index (χ0n) is 12.2. The van der Waals surface area contributed by atoms with Gasteiger partial charge in [-0.25, -0.2) is 0 Å². The summed E-state index contributed by atoms with van der Waals surface area (Å²) in [5.41, 5.74) is 1.19. The predicted molar refractivity (Wildman–Crippen MR) is 81.0 cm³/mol. The molecule has 0 aliphatic rings. The first-order valence-corrected chi connectivity index (χ1v) is 7.29. The van der Waals surface area contributed by atoms with Gasteiger partial charge in [0.05, 0.1) is 0 Å². The third-order valence-corrected chi connectivity index (χ3v) is 4.09. The van der Waals surface area contributed by atoms with Crippen LogP contribution < -0.4 is 5.32 Å². The second-order valence-corrected chi connectivity index (χ2v) is 6.21. The molecule has 0 saturated carbocycles. The van der Waals surface area contributed by atoms with Crippen LogP contribution in [-0.2, 0) is 0 Å². The van der Waals surface area contributed by atoms with Crippen molar-refractivity contribution in [1.29, 1.82) is 0 Å². The third-order valence-electron chi connectivity index (χ3n) is 3.74. The first-order valence-electron chi connectivity index (χ1n) is 6.91. The van der Waals surface area contributed by atoms with Crippen molar-refractivity contribution in [2.75, 3.05) is 6.54 Å². The number of hydrogen-bond donors (Lipinski definition) is 1. The fourth-order valence-electron chi connectivity index (χ4n) is 2.49. The molecule has 1 aromatic carbocycles. The van der Waals surface area contributed by atoms with E-state index < -0.39 is 0 Å². The van der Waals surface area contributed by atoms with Crippen molar-refractivity contribution in [3.05, 3.63) is 34.9 Å². The zero-order chi connectivity index (χ0) is 13.7. The first-order chi connectivity index (χ1) is 8.43. The molecular formula is C16H26ClN. The van der Waals surface area contributed by atoms with Crippen molar-refractivity contribution in [2.24, 2.45) is 17.8 Å². The molecule has 1 aromatic rings. The fourth-order valence-corrected chi connectivity index (χ4v) is 2.79. The van der Waals surface area contributed by atoms with Crippen LogP contribution in [0.4, 0.5) is 0 Å². The molecule has 0 bridgehead atoms. The molecule has 1 nitrogen and oxygen atoms in total. The summed E-state index contributed by atoms with van der Waals surface area (Å²) in [4.78, 5) is 0. The molecule has 0 radical (unpaired) electrons. The molecule has 1 rings (SSSR count). The van der Waals surface area contributed by atoms with Crippen LogP contribution in [0.3, 0.4) is 0 Å². The van der Waals surface area contributed by atoms with Gasteiger partial charge in [0, 0.05) is 11.1 Å². The van der Waals surface area contributed by atoms with E-state index in [-0.39, 0.29) is 0 Å². The van der Waals surface area contributed by atoms with E-state index in [9.17, 15) is 0 Å². The summed E-state index contributed by atoms with van der Waals surface area (Å²) < 4.78 is 0. The van der Waals surface area contributed by atoms with Gasteiger partial charge in [0.15, 0.2) is 0 Å². The standard InChI is InChI=1S/C16H26ClN/c1-11(2)15(12(3)4)10-18-13(5)14-8-6-7-9-16(14)17/h6-9,11-13,15,18H,10H2,1-5H3. The van der Waals surface area contributed by atoms with Gasteiger partial charge in [0.1, 0.15) is 0 Å². The van der Waals surface area contributed by atoms with Gasteiger partial charge in [-0.05, 0) is 42.9 Å². The second-order valence-electron chi connectivity index (χ2n) is 5.80. The molecule has 102 valence electrons. The Hall–Kier alpha value is -0.530. The van der Waals surface area contributed by atoms with Crippen molar-refractivity contribution < 1.29 is 0 Å². The van der Waals surface area contributed by atoms with Crippen LogP contribution in [-0.4, -0.2) is 6.54 Å². The van der Waals surface area contributed by atoms with E-state index in [0.29, 0.717) is 23.8 Å². The highest BCUT2D eigenvalue weighted by Gasteiger charge is 2.18. The molecule has 18 heavy (non-hydrogen) atoms. The van der Waals surface area contributed by atoms with Crippen molar-refractivity contribution in [3.63, 3.8) is 0 Å². The summed E-state index contributed by atoms with van der Waals surface area (Å²) in [6.45, 7) is 12.4. The molecule has 1 atom stereocenters. The Morgan fingerprint density at radius 2 is 1.56 bits per heavy atom. The molecule has 1 unspecified atom stereocenters. The van der Waals surface area contributed by atoms with Gasteiger partial charge < -0.3 is 5.32 Å². The Labute approximate surface area is 117 Å². The second kappa shape index (κ2) is 7.16. The van der Waals surface area contributed by atoms with Crippen LogP contribution in [0.25, 0.3) is 0 Å². The minimum atomic E-state index is 0.304. The van der Waals surface area contributed by atoms with Crippen LogP contribution in [0.2, 0.25) is 5.02 Å². The number of rotatable bonds is 6. The Morgan fingerprint density at radius 3 is 2.06 bits per heavy atom. The molecular weight excluding hydrogens is 242 g/mol. The molecule has 0 amide bonds. The number of halogens is 1. The van der Waals surface area contributed by atoms with Crippen LogP contribution >= 0.6 is 11.6 Å². The highest BCUT2D eigenvalue weighted by Crippen LogP contribution is 2.24. The molecule has 0 aliphatic heterocycles. The molecule has 1 N–H and O–H groups in total. The van der Waals surface area contributed by atoms with Gasteiger partial charge in [0.25, 0.3) is 0 Å². The summed E-state index contributed by atoms with van der Waals surface area (Å²) in [5, 5.41) is 4.47. The van der Waals surface area contributed by atoms with E-state index in [4.69, 9.17) is 11.6 Å². The lowest BCUT2D eigenvalue weighted by molar-refractivity contribution is 0.268. The minimum Gasteiger partial charge on any atom is -0.310 e. The quantitative estimate of drug-likeness (QED) is 0.772. The SMILES string of the molecule is CC(NCC(C(C)C)C(C)C)c1ccccc1Cl. The Bertz CT molecular complexity index is 352. The van der Waals surface area contributed by atoms with E-state index in [1.165, 1.54) is 5.56 Å². The van der Waals surface area contributed by atoms with Gasteiger partial charge in [-0.15, -0.1) is 0 Å². The minimum absolute atomic E-state index is 0.304. The maximum absolute atomic E-state index is 6.22. The summed E-state index contributed by atoms with van der Waals surface area (Å²) in [6, 6.07) is 8.38. The maximum atomic E-state index is 6.22. The van der Waals surface area contributed by atoms with Crippen LogP contribution in [0.1, 0.15) is 46.2 Å². The summed E-state index contributed by atoms with van der Waals surface area (Å²) in [7, 11) is 0. The average molecular weight is 268 g/mol. The highest BCUT2D eigenvalue weighted by atomic mass is 35.5. The topological polar surface area (TPSA) is 12.0 Å². The Balaban J connectivity index is 2.60. The van der Waals surface area contributed by atoms with Gasteiger partial charge in [-0.3, -0.25) is 0 Å². The third kappa shape index (κ3) is 4.29. The lowest BCUT2D eigenvalue weighted by Crippen LogP contribution is -2.31. The number of benzene rings is 1. The van der Waals surface area contributed by atoms with E-state index in [1.807, 2.05) is 18.2 Å². The fraction of sp³-hybridized carbons (Fsp3) is 0.625. The van der Waals surface area contributed by atoms with E-state index >= 15 is 0 Å². The van der Waals surface area contributed by atoms with E-state index in [0.717, 1.165) is 11.6 Å². The van der Waals surface area contributed by atoms with E-state index in [1.54, 1.807) is 0 Å². The molecule has 0 fully saturated rings. The van der Waals surface area contributed by atoms with Crippen molar-refractivity contribution >= 4 is 11.6 Å². The maximum Gasteiger partial charge on any atom is 0.0453 e. The average Bonchev–Trinajstić information content (AvgIpc) is 2.28. The molecule has 0 spiro atoms. The van der Waals surface area contributed by atoms with Crippen LogP contribution in [0.15, 0.2) is 24.3 Å². The lowest BCUT2D eigenvalue weighted by atomic mass is 9.85. The largest absolute Gasteiger partial charge is 0.310 e. The van der Waals surface area contributed by atoms with Crippen molar-refractivity contribution in [2.45, 2.75) is 40.7 Å². The van der Waals surface area contributed by atoms with Crippen LogP contribution in [0, 0.1) is 17.8 Å². The summed E-state index contributed by atoms with van der Waals surface area (Å²) in [6.07, 6.45) is 0. The monoisotopic (exact) mass is 267 g/mol. The Kier molecular flexibility index (Phi) is 6.17. The molecule has 0 saturated heterocycles.